The number of hydrogen-bond donors (Lipinski definition) is 0. The van der Waals surface area contributed by atoms with Gasteiger partial charge in [0.25, 0.3) is 5.69 Å². The van der Waals surface area contributed by atoms with Crippen LogP contribution in [0.25, 0.3) is 0 Å². The van der Waals surface area contributed by atoms with Gasteiger partial charge >= 0.3 is 0 Å². The summed E-state index contributed by atoms with van der Waals surface area (Å²) < 4.78 is 2.24. The molecule has 3 aromatic rings. The third-order valence-electron chi connectivity index (χ3n) is 5.18. The van der Waals surface area contributed by atoms with Gasteiger partial charge in [0.2, 0.25) is 0 Å². The molecule has 1 aliphatic rings. The summed E-state index contributed by atoms with van der Waals surface area (Å²) in [6.45, 7) is 2.21. The first kappa shape index (κ1) is 19.0. The highest BCUT2D eigenvalue weighted by molar-refractivity contribution is 6.42. The van der Waals surface area contributed by atoms with E-state index < -0.39 is 0 Å². The van der Waals surface area contributed by atoms with Crippen LogP contribution in [0.15, 0.2) is 60.8 Å². The van der Waals surface area contributed by atoms with Crippen molar-refractivity contribution in [3.05, 3.63) is 97.8 Å². The van der Waals surface area contributed by atoms with Crippen molar-refractivity contribution in [2.45, 2.75) is 25.6 Å². The summed E-state index contributed by atoms with van der Waals surface area (Å²) in [6, 6.07) is 16.7. The highest BCUT2D eigenvalue weighted by atomic mass is 35.5. The summed E-state index contributed by atoms with van der Waals surface area (Å²) in [5.74, 6) is 0. The summed E-state index contributed by atoms with van der Waals surface area (Å²) >= 11 is 12.4. The van der Waals surface area contributed by atoms with E-state index in [1.807, 2.05) is 30.3 Å². The van der Waals surface area contributed by atoms with E-state index in [9.17, 15) is 10.1 Å². The fourth-order valence-electron chi connectivity index (χ4n) is 3.92. The van der Waals surface area contributed by atoms with Crippen molar-refractivity contribution in [3.63, 3.8) is 0 Å². The Kier molecular flexibility index (Phi) is 5.40. The Labute approximate surface area is 173 Å². The normalized spacial score (nSPS) is 17.1. The van der Waals surface area contributed by atoms with Crippen LogP contribution in [0.5, 0.6) is 0 Å². The van der Waals surface area contributed by atoms with E-state index >= 15 is 0 Å². The van der Waals surface area contributed by atoms with E-state index in [2.05, 4.69) is 21.7 Å². The van der Waals surface area contributed by atoms with Crippen LogP contribution in [0, 0.1) is 10.1 Å². The molecule has 5 nitrogen and oxygen atoms in total. The van der Waals surface area contributed by atoms with Crippen molar-refractivity contribution in [1.82, 2.24) is 9.47 Å². The number of fused-ring (bicyclic) bond motifs is 1. The fraction of sp³-hybridized carbons (Fsp3) is 0.238. The van der Waals surface area contributed by atoms with Crippen LogP contribution < -0.4 is 0 Å². The molecule has 0 saturated carbocycles. The van der Waals surface area contributed by atoms with E-state index in [4.69, 9.17) is 23.2 Å². The fourth-order valence-corrected chi connectivity index (χ4v) is 4.22. The van der Waals surface area contributed by atoms with Crippen molar-refractivity contribution >= 4 is 28.9 Å². The number of rotatable bonds is 4. The first-order valence-electron chi connectivity index (χ1n) is 9.11. The number of nitro benzene ring substituents is 1. The molecule has 1 aromatic heterocycles. The van der Waals surface area contributed by atoms with Crippen molar-refractivity contribution in [2.75, 3.05) is 6.54 Å². The summed E-state index contributed by atoms with van der Waals surface area (Å²) in [5, 5.41) is 12.5. The molecule has 0 spiro atoms. The van der Waals surface area contributed by atoms with Crippen molar-refractivity contribution in [2.24, 2.45) is 0 Å². The predicted octanol–water partition coefficient (Wildman–Crippen LogP) is 5.70. The lowest BCUT2D eigenvalue weighted by atomic mass is 10.0. The number of benzene rings is 2. The third-order valence-corrected chi connectivity index (χ3v) is 5.91. The minimum absolute atomic E-state index is 0.0629. The Bertz CT molecular complexity index is 1020. The molecule has 28 heavy (non-hydrogen) atoms. The molecule has 2 aromatic carbocycles. The standard InChI is InChI=1S/C21H19Cl2N3O2/c22-17-9-8-15(13-18(17)23)21-20-7-3-10-24(20)11-4-12-25(21)14-16-5-1-2-6-19(16)26(27)28/h1-3,5-10,13,21H,4,11-12,14H2/t21-/m0/s1. The molecule has 0 bridgehead atoms. The Morgan fingerprint density at radius 3 is 2.64 bits per heavy atom. The highest BCUT2D eigenvalue weighted by Gasteiger charge is 2.29. The van der Waals surface area contributed by atoms with Crippen LogP contribution in [0.2, 0.25) is 10.0 Å². The second kappa shape index (κ2) is 7.95. The van der Waals surface area contributed by atoms with Gasteiger partial charge in [0, 0.05) is 43.2 Å². The number of aromatic nitrogens is 1. The van der Waals surface area contributed by atoms with Gasteiger partial charge in [-0.1, -0.05) is 47.5 Å². The molecule has 0 amide bonds. The molecular weight excluding hydrogens is 397 g/mol. The van der Waals surface area contributed by atoms with Gasteiger partial charge in [-0.3, -0.25) is 15.0 Å². The van der Waals surface area contributed by atoms with E-state index in [1.165, 1.54) is 0 Å². The number of nitrogens with zero attached hydrogens (tertiary/aromatic N) is 3. The third kappa shape index (κ3) is 3.65. The molecule has 2 heterocycles. The average Bonchev–Trinajstić information content (AvgIpc) is 3.06. The van der Waals surface area contributed by atoms with Gasteiger partial charge in [-0.15, -0.1) is 0 Å². The molecule has 1 aliphatic heterocycles. The van der Waals surface area contributed by atoms with Gasteiger partial charge < -0.3 is 4.57 Å². The van der Waals surface area contributed by atoms with Crippen LogP contribution in [-0.2, 0) is 13.1 Å². The average molecular weight is 416 g/mol. The molecule has 1 atom stereocenters. The Morgan fingerprint density at radius 2 is 1.86 bits per heavy atom. The Hall–Kier alpha value is -2.34. The van der Waals surface area contributed by atoms with Crippen molar-refractivity contribution < 1.29 is 4.92 Å². The van der Waals surface area contributed by atoms with Crippen molar-refractivity contribution in [3.8, 4) is 0 Å². The number of nitro groups is 1. The maximum absolute atomic E-state index is 11.5. The van der Waals surface area contributed by atoms with E-state index in [0.717, 1.165) is 30.8 Å². The summed E-state index contributed by atoms with van der Waals surface area (Å²) in [5.41, 5.74) is 3.02. The predicted molar refractivity (Wildman–Crippen MR) is 111 cm³/mol. The molecule has 0 aliphatic carbocycles. The number of halogens is 2. The van der Waals surface area contributed by atoms with Crippen LogP contribution in [-0.4, -0.2) is 20.9 Å². The first-order valence-corrected chi connectivity index (χ1v) is 9.86. The lowest BCUT2D eigenvalue weighted by Gasteiger charge is -2.30. The van der Waals surface area contributed by atoms with Gasteiger partial charge in [-0.05, 0) is 36.2 Å². The molecule has 7 heteroatoms. The summed E-state index contributed by atoms with van der Waals surface area (Å²) in [7, 11) is 0. The van der Waals surface area contributed by atoms with E-state index in [-0.39, 0.29) is 16.7 Å². The molecular formula is C21H19Cl2N3O2. The molecule has 4 rings (SSSR count). The van der Waals surface area contributed by atoms with Gasteiger partial charge in [0.15, 0.2) is 0 Å². The van der Waals surface area contributed by atoms with Crippen LogP contribution in [0.1, 0.15) is 29.3 Å². The molecule has 0 saturated heterocycles. The minimum atomic E-state index is -0.315. The smallest absolute Gasteiger partial charge is 0.273 e. The van der Waals surface area contributed by atoms with E-state index in [0.29, 0.717) is 22.2 Å². The Balaban J connectivity index is 1.78. The van der Waals surface area contributed by atoms with Crippen molar-refractivity contribution in [1.29, 1.82) is 0 Å². The topological polar surface area (TPSA) is 51.3 Å². The molecule has 0 unspecified atom stereocenters. The highest BCUT2D eigenvalue weighted by Crippen LogP contribution is 2.36. The largest absolute Gasteiger partial charge is 0.350 e. The van der Waals surface area contributed by atoms with Crippen LogP contribution in [0.3, 0.4) is 0 Å². The molecule has 0 radical (unpaired) electrons. The quantitative estimate of drug-likeness (QED) is 0.405. The van der Waals surface area contributed by atoms with Gasteiger partial charge in [-0.25, -0.2) is 0 Å². The number of aryl methyl sites for hydroxylation is 1. The zero-order valence-electron chi connectivity index (χ0n) is 15.1. The summed E-state index contributed by atoms with van der Waals surface area (Å²) in [4.78, 5) is 13.4. The lowest BCUT2D eigenvalue weighted by molar-refractivity contribution is -0.385. The maximum Gasteiger partial charge on any atom is 0.273 e. The SMILES string of the molecule is O=[N+]([O-])c1ccccc1CN1CCCn2cccc2[C@@H]1c1ccc(Cl)c(Cl)c1. The lowest BCUT2D eigenvalue weighted by Crippen LogP contribution is -2.29. The molecule has 0 N–H and O–H groups in total. The zero-order chi connectivity index (χ0) is 19.7. The monoisotopic (exact) mass is 415 g/mol. The van der Waals surface area contributed by atoms with Gasteiger partial charge in [0.05, 0.1) is 21.0 Å². The van der Waals surface area contributed by atoms with Crippen LogP contribution >= 0.6 is 23.2 Å². The minimum Gasteiger partial charge on any atom is -0.350 e. The first-order chi connectivity index (χ1) is 13.5. The molecule has 0 fully saturated rings. The van der Waals surface area contributed by atoms with Gasteiger partial charge in [-0.2, -0.15) is 0 Å². The van der Waals surface area contributed by atoms with E-state index in [1.54, 1.807) is 18.2 Å². The Morgan fingerprint density at radius 1 is 1.04 bits per heavy atom. The second-order valence-electron chi connectivity index (χ2n) is 6.91. The second-order valence-corrected chi connectivity index (χ2v) is 7.73. The maximum atomic E-state index is 11.5. The number of hydrogen-bond acceptors (Lipinski definition) is 3. The summed E-state index contributed by atoms with van der Waals surface area (Å²) in [6.07, 6.45) is 3.04. The van der Waals surface area contributed by atoms with Gasteiger partial charge in [0.1, 0.15) is 0 Å². The van der Waals surface area contributed by atoms with Crippen LogP contribution in [0.4, 0.5) is 5.69 Å². The zero-order valence-corrected chi connectivity index (χ0v) is 16.6. The number of para-hydroxylation sites is 1. The molecule has 144 valence electrons.